The fourth-order valence-electron chi connectivity index (χ4n) is 9.97. The topological polar surface area (TPSA) is 149 Å². The zero-order chi connectivity index (χ0) is 46.9. The van der Waals surface area contributed by atoms with E-state index in [0.717, 1.165) is 53.5 Å². The number of benzene rings is 4. The lowest BCUT2D eigenvalue weighted by Crippen LogP contribution is -2.70. The minimum atomic E-state index is -1.49. The summed E-state index contributed by atoms with van der Waals surface area (Å²) in [6.07, 6.45) is 10.2. The van der Waals surface area contributed by atoms with Crippen LogP contribution in [0.4, 0.5) is 4.79 Å². The van der Waals surface area contributed by atoms with Crippen LogP contribution < -0.4 is 9.47 Å². The number of amides is 1. The maximum absolute atomic E-state index is 14.5. The second-order valence-electron chi connectivity index (χ2n) is 17.2. The van der Waals surface area contributed by atoms with E-state index in [1.54, 1.807) is 17.1 Å². The highest BCUT2D eigenvalue weighted by molar-refractivity contribution is 6.03. The molecule has 0 bridgehead atoms. The van der Waals surface area contributed by atoms with Crippen molar-refractivity contribution in [3.05, 3.63) is 151 Å². The molecule has 1 aliphatic heterocycles. The van der Waals surface area contributed by atoms with Crippen LogP contribution in [0.5, 0.6) is 17.2 Å². The lowest BCUT2D eigenvalue weighted by molar-refractivity contribution is -0.256. The number of carbonyl (C=O) groups is 1. The average molecular weight is 915 g/mol. The molecule has 3 aliphatic rings. The molecule has 0 spiro atoms. The van der Waals surface area contributed by atoms with Crippen molar-refractivity contribution in [2.75, 3.05) is 52.8 Å². The Morgan fingerprint density at radius 2 is 1.52 bits per heavy atom. The van der Waals surface area contributed by atoms with Crippen molar-refractivity contribution < 1.29 is 48.6 Å². The predicted molar refractivity (Wildman–Crippen MR) is 259 cm³/mol. The first-order valence-electron chi connectivity index (χ1n) is 23.7. The second kappa shape index (κ2) is 24.8. The smallest absolute Gasteiger partial charge is 0.410 e. The first kappa shape index (κ1) is 49.2. The zero-order valence-electron chi connectivity index (χ0n) is 38.5. The summed E-state index contributed by atoms with van der Waals surface area (Å²) in [5, 5.41) is 34.5. The van der Waals surface area contributed by atoms with Gasteiger partial charge in [-0.3, -0.25) is 4.90 Å². The van der Waals surface area contributed by atoms with Gasteiger partial charge in [-0.25, -0.2) is 4.79 Å². The largest absolute Gasteiger partial charge is 0.459 e. The van der Waals surface area contributed by atoms with E-state index < -0.39 is 23.8 Å². The summed E-state index contributed by atoms with van der Waals surface area (Å²) in [4.78, 5) is 22.4. The molecule has 0 aromatic heterocycles. The van der Waals surface area contributed by atoms with Gasteiger partial charge < -0.3 is 43.8 Å². The maximum Gasteiger partial charge on any atom is 0.410 e. The number of fused-ring (bicyclic) bond motifs is 2. The van der Waals surface area contributed by atoms with Gasteiger partial charge in [0.05, 0.1) is 44.7 Å². The molecule has 6 atom stereocenters. The van der Waals surface area contributed by atoms with Gasteiger partial charge in [0.15, 0.2) is 0 Å². The van der Waals surface area contributed by atoms with Crippen molar-refractivity contribution in [3.63, 3.8) is 0 Å². The van der Waals surface area contributed by atoms with E-state index in [0.29, 0.717) is 42.2 Å². The predicted octanol–water partition coefficient (Wildman–Crippen LogP) is 10.0. The van der Waals surface area contributed by atoms with Crippen molar-refractivity contribution >= 4 is 11.8 Å². The van der Waals surface area contributed by atoms with Crippen molar-refractivity contribution in [3.8, 4) is 28.4 Å². The van der Waals surface area contributed by atoms with Crippen LogP contribution in [0.3, 0.4) is 0 Å². The monoisotopic (exact) mass is 914 g/mol. The average Bonchev–Trinajstić information content (AvgIpc) is 3.35. The van der Waals surface area contributed by atoms with Crippen LogP contribution in [0.25, 0.3) is 11.1 Å². The summed E-state index contributed by atoms with van der Waals surface area (Å²) in [6.45, 7) is 8.60. The number of hydrogen-bond acceptors (Lipinski definition) is 11. The van der Waals surface area contributed by atoms with Gasteiger partial charge in [0.1, 0.15) is 29.9 Å². The third kappa shape index (κ3) is 12.0. The molecular weight excluding hydrogens is 849 g/mol. The summed E-state index contributed by atoms with van der Waals surface area (Å²) in [6, 6.07) is 33.2. The number of aliphatic hydroxyl groups is 3. The summed E-state index contributed by atoms with van der Waals surface area (Å²) in [7, 11) is 0. The Morgan fingerprint density at radius 1 is 0.806 bits per heavy atom. The van der Waals surface area contributed by atoms with Gasteiger partial charge in [-0.15, -0.1) is 13.2 Å². The normalized spacial score (nSPS) is 22.1. The summed E-state index contributed by atoms with van der Waals surface area (Å²) in [5.41, 5.74) is 5.66. The molecule has 0 unspecified atom stereocenters. The van der Waals surface area contributed by atoms with Crippen LogP contribution in [-0.2, 0) is 25.7 Å². The standard InChI is InChI=1S/C55H66N2O10/c1-3-5-33-63-54(61)57(28-34-62-35-31-60)51-38-49(56-65-39-40-16-8-6-9-17-40)47-36-43(20-12-14-29-58)46(21-13-15-30-59)52-48-37-45(26-27-50(48)67-55(51,53(47)52)64-32-4-2)66-44-24-22-42(23-25-44)41-18-10-7-11-19-41/h3-4,6-11,16-19,22-27,36-37,43,46,51-53,58-60H,1-2,5,12-15,20-21,28-35,38-39H2/t43-,46+,51-,52+,53+,55+/m0/s1. The van der Waals surface area contributed by atoms with Gasteiger partial charge in [0.2, 0.25) is 5.79 Å². The molecule has 356 valence electrons. The lowest BCUT2D eigenvalue weighted by Gasteiger charge is -2.59. The van der Waals surface area contributed by atoms with Gasteiger partial charge in [0.25, 0.3) is 0 Å². The fourth-order valence-corrected chi connectivity index (χ4v) is 9.97. The molecule has 3 N–H and O–H groups in total. The van der Waals surface area contributed by atoms with Crippen LogP contribution in [-0.4, -0.2) is 96.6 Å². The Bertz CT molecular complexity index is 2250. The first-order chi connectivity index (χ1) is 32.9. The molecule has 12 heteroatoms. The number of hydrogen-bond donors (Lipinski definition) is 3. The molecule has 1 heterocycles. The van der Waals surface area contributed by atoms with E-state index in [1.807, 2.05) is 72.8 Å². The van der Waals surface area contributed by atoms with Crippen LogP contribution in [0.1, 0.15) is 68.4 Å². The zero-order valence-corrected chi connectivity index (χ0v) is 38.5. The summed E-state index contributed by atoms with van der Waals surface area (Å²) < 4.78 is 32.8. The quantitative estimate of drug-likeness (QED) is 0.0316. The van der Waals surface area contributed by atoms with Crippen LogP contribution >= 0.6 is 0 Å². The van der Waals surface area contributed by atoms with Crippen molar-refractivity contribution in [2.24, 2.45) is 22.9 Å². The Labute approximate surface area is 395 Å². The molecule has 4 aromatic rings. The highest BCUT2D eigenvalue weighted by atomic mass is 16.7. The molecular formula is C55H66N2O10. The van der Waals surface area contributed by atoms with E-state index in [9.17, 15) is 20.1 Å². The Morgan fingerprint density at radius 3 is 2.24 bits per heavy atom. The van der Waals surface area contributed by atoms with Crippen LogP contribution in [0.15, 0.2) is 145 Å². The summed E-state index contributed by atoms with van der Waals surface area (Å²) >= 11 is 0. The molecule has 2 aliphatic carbocycles. The van der Waals surface area contributed by atoms with E-state index in [4.69, 9.17) is 33.7 Å². The molecule has 1 saturated carbocycles. The Hall–Kier alpha value is -5.76. The van der Waals surface area contributed by atoms with Gasteiger partial charge in [-0.1, -0.05) is 109 Å². The van der Waals surface area contributed by atoms with Gasteiger partial charge in [-0.05, 0) is 96.5 Å². The highest BCUT2D eigenvalue weighted by Crippen LogP contribution is 2.62. The second-order valence-corrected chi connectivity index (χ2v) is 17.2. The third-order valence-electron chi connectivity index (χ3n) is 13.0. The number of unbranched alkanes of at least 4 members (excludes halogenated alkanes) is 2. The fraction of sp³-hybridized carbons (Fsp3) is 0.418. The number of nitrogens with zero attached hydrogens (tertiary/aromatic N) is 2. The molecule has 4 aromatic carbocycles. The van der Waals surface area contributed by atoms with Crippen molar-refractivity contribution in [1.82, 2.24) is 4.90 Å². The molecule has 0 radical (unpaired) electrons. The van der Waals surface area contributed by atoms with Gasteiger partial charge in [0, 0.05) is 37.7 Å². The van der Waals surface area contributed by atoms with Crippen LogP contribution in [0.2, 0.25) is 0 Å². The molecule has 1 fully saturated rings. The van der Waals surface area contributed by atoms with Crippen LogP contribution in [0, 0.1) is 17.8 Å². The number of oxime groups is 1. The molecule has 12 nitrogen and oxygen atoms in total. The molecule has 1 amide bonds. The Kier molecular flexibility index (Phi) is 18.2. The van der Waals surface area contributed by atoms with Gasteiger partial charge in [-0.2, -0.15) is 0 Å². The van der Waals surface area contributed by atoms with E-state index >= 15 is 0 Å². The first-order valence-corrected chi connectivity index (χ1v) is 23.7. The minimum absolute atomic E-state index is 0.0138. The van der Waals surface area contributed by atoms with E-state index in [1.165, 1.54) is 0 Å². The molecule has 67 heavy (non-hydrogen) atoms. The van der Waals surface area contributed by atoms with Gasteiger partial charge >= 0.3 is 6.09 Å². The van der Waals surface area contributed by atoms with E-state index in [2.05, 4.69) is 49.6 Å². The summed E-state index contributed by atoms with van der Waals surface area (Å²) in [5.74, 6) is -0.315. The van der Waals surface area contributed by atoms with Crippen molar-refractivity contribution in [1.29, 1.82) is 0 Å². The molecule has 7 rings (SSSR count). The highest BCUT2D eigenvalue weighted by Gasteiger charge is 2.65. The minimum Gasteiger partial charge on any atom is -0.459 e. The van der Waals surface area contributed by atoms with E-state index in [-0.39, 0.29) is 83.6 Å². The lowest BCUT2D eigenvalue weighted by atomic mass is 9.55. The Balaban J connectivity index is 1.39. The SMILES string of the molecule is C=CCCOC(=O)N(CCOCCO)[C@H]1CC(=NOCc2ccccc2)C2=C[C@H](CCCCO)[C@@H](CCCCO)[C@@H]3c4cc(Oc5ccc(-c6ccccc6)cc5)ccc4O[C@@]1(OCC=C)[C@H]23. The number of ether oxygens (including phenoxy) is 5. The number of carbonyl (C=O) groups excluding carboxylic acids is 1. The third-order valence-corrected chi connectivity index (χ3v) is 13.0. The number of rotatable bonds is 26. The van der Waals surface area contributed by atoms with Crippen molar-refractivity contribution in [2.45, 2.75) is 75.7 Å². The number of aliphatic hydroxyl groups excluding tert-OH is 3. The molecule has 0 saturated heterocycles. The number of allylic oxidation sites excluding steroid dienone is 1. The maximum atomic E-state index is 14.5.